The SMILES string of the molecule is COc1cc(F)c(C2(N)CCC2)c(F)c1. The molecular formula is C11H13F2NO. The Kier molecular flexibility index (Phi) is 2.38. The van der Waals surface area contributed by atoms with Gasteiger partial charge in [0, 0.05) is 23.2 Å². The van der Waals surface area contributed by atoms with Gasteiger partial charge in [-0.25, -0.2) is 8.78 Å². The van der Waals surface area contributed by atoms with Crippen LogP contribution in [0.3, 0.4) is 0 Å². The molecule has 0 saturated heterocycles. The lowest BCUT2D eigenvalue weighted by atomic mass is 9.72. The highest BCUT2D eigenvalue weighted by Crippen LogP contribution is 2.41. The third-order valence-corrected chi connectivity index (χ3v) is 2.99. The Balaban J connectivity index is 2.47. The molecule has 1 saturated carbocycles. The fraction of sp³-hybridized carbons (Fsp3) is 0.455. The van der Waals surface area contributed by atoms with Gasteiger partial charge in [0.2, 0.25) is 0 Å². The standard InChI is InChI=1S/C11H13F2NO/c1-15-7-5-8(12)10(9(13)6-7)11(14)3-2-4-11/h5-6H,2-4,14H2,1H3. The molecule has 1 aromatic rings. The van der Waals surface area contributed by atoms with Crippen molar-refractivity contribution in [2.24, 2.45) is 5.73 Å². The van der Waals surface area contributed by atoms with Crippen LogP contribution in [0.25, 0.3) is 0 Å². The zero-order valence-corrected chi connectivity index (χ0v) is 8.52. The van der Waals surface area contributed by atoms with Crippen LogP contribution in [0.4, 0.5) is 8.78 Å². The minimum atomic E-state index is -0.819. The van der Waals surface area contributed by atoms with Crippen LogP contribution in [0.1, 0.15) is 24.8 Å². The highest BCUT2D eigenvalue weighted by molar-refractivity contribution is 5.36. The Hall–Kier alpha value is -1.16. The first-order valence-corrected chi connectivity index (χ1v) is 4.89. The Morgan fingerprint density at radius 1 is 1.27 bits per heavy atom. The molecule has 0 spiro atoms. The molecule has 1 aliphatic carbocycles. The molecule has 1 fully saturated rings. The lowest BCUT2D eigenvalue weighted by Gasteiger charge is -2.38. The van der Waals surface area contributed by atoms with Crippen molar-refractivity contribution in [3.8, 4) is 5.75 Å². The number of hydrogen-bond donors (Lipinski definition) is 1. The molecule has 0 bridgehead atoms. The molecule has 2 N–H and O–H groups in total. The van der Waals surface area contributed by atoms with Gasteiger partial charge >= 0.3 is 0 Å². The predicted octanol–water partition coefficient (Wildman–Crippen LogP) is 2.31. The topological polar surface area (TPSA) is 35.2 Å². The molecule has 4 heteroatoms. The molecule has 1 aromatic carbocycles. The van der Waals surface area contributed by atoms with Gasteiger partial charge in [0.15, 0.2) is 0 Å². The van der Waals surface area contributed by atoms with Crippen molar-refractivity contribution < 1.29 is 13.5 Å². The second kappa shape index (κ2) is 3.45. The van der Waals surface area contributed by atoms with E-state index in [0.717, 1.165) is 6.42 Å². The fourth-order valence-corrected chi connectivity index (χ4v) is 1.95. The van der Waals surface area contributed by atoms with Crippen molar-refractivity contribution in [3.63, 3.8) is 0 Å². The molecule has 0 radical (unpaired) electrons. The molecule has 2 rings (SSSR count). The maximum absolute atomic E-state index is 13.6. The maximum Gasteiger partial charge on any atom is 0.134 e. The number of benzene rings is 1. The van der Waals surface area contributed by atoms with E-state index >= 15 is 0 Å². The minimum Gasteiger partial charge on any atom is -0.497 e. The second-order valence-corrected chi connectivity index (χ2v) is 3.98. The number of hydrogen-bond acceptors (Lipinski definition) is 2. The van der Waals surface area contributed by atoms with Crippen LogP contribution >= 0.6 is 0 Å². The first kappa shape index (κ1) is 10.4. The average Bonchev–Trinajstić information content (AvgIpc) is 2.13. The highest BCUT2D eigenvalue weighted by Gasteiger charge is 2.39. The van der Waals surface area contributed by atoms with Crippen molar-refractivity contribution in [1.82, 2.24) is 0 Å². The molecule has 1 aliphatic rings. The number of rotatable bonds is 2. The monoisotopic (exact) mass is 213 g/mol. The van der Waals surface area contributed by atoms with Gasteiger partial charge < -0.3 is 10.5 Å². The van der Waals surface area contributed by atoms with Crippen LogP contribution in [0.15, 0.2) is 12.1 Å². The van der Waals surface area contributed by atoms with E-state index in [1.165, 1.54) is 19.2 Å². The lowest BCUT2D eigenvalue weighted by Crippen LogP contribution is -2.44. The zero-order valence-electron chi connectivity index (χ0n) is 8.52. The predicted molar refractivity (Wildman–Crippen MR) is 52.6 cm³/mol. The summed E-state index contributed by atoms with van der Waals surface area (Å²) in [4.78, 5) is 0. The maximum atomic E-state index is 13.6. The summed E-state index contributed by atoms with van der Waals surface area (Å²) in [7, 11) is 1.37. The van der Waals surface area contributed by atoms with E-state index in [0.29, 0.717) is 12.8 Å². The van der Waals surface area contributed by atoms with Gasteiger partial charge in [-0.1, -0.05) is 0 Å². The summed E-state index contributed by atoms with van der Waals surface area (Å²) in [5, 5.41) is 0. The molecule has 15 heavy (non-hydrogen) atoms. The number of halogens is 2. The lowest BCUT2D eigenvalue weighted by molar-refractivity contribution is 0.235. The third kappa shape index (κ3) is 1.59. The average molecular weight is 213 g/mol. The summed E-state index contributed by atoms with van der Waals surface area (Å²) in [5.41, 5.74) is 5.07. The number of nitrogens with two attached hydrogens (primary N) is 1. The molecule has 0 amide bonds. The van der Waals surface area contributed by atoms with E-state index in [9.17, 15) is 8.78 Å². The van der Waals surface area contributed by atoms with Crippen molar-refractivity contribution in [2.75, 3.05) is 7.11 Å². The normalized spacial score (nSPS) is 18.4. The molecule has 0 atom stereocenters. The quantitative estimate of drug-likeness (QED) is 0.818. The number of methoxy groups -OCH3 is 1. The largest absolute Gasteiger partial charge is 0.497 e. The third-order valence-electron chi connectivity index (χ3n) is 2.99. The minimum absolute atomic E-state index is 0.00505. The molecule has 82 valence electrons. The van der Waals surface area contributed by atoms with Crippen molar-refractivity contribution in [1.29, 1.82) is 0 Å². The van der Waals surface area contributed by atoms with Crippen LogP contribution in [-0.4, -0.2) is 7.11 Å². The molecule has 0 aliphatic heterocycles. The van der Waals surface area contributed by atoms with E-state index in [-0.39, 0.29) is 11.3 Å². The van der Waals surface area contributed by atoms with E-state index in [2.05, 4.69) is 0 Å². The van der Waals surface area contributed by atoms with Gasteiger partial charge in [-0.2, -0.15) is 0 Å². The summed E-state index contributed by atoms with van der Waals surface area (Å²) in [6.45, 7) is 0. The van der Waals surface area contributed by atoms with E-state index in [1.54, 1.807) is 0 Å². The number of ether oxygens (including phenoxy) is 1. The van der Waals surface area contributed by atoms with Crippen LogP contribution in [0, 0.1) is 11.6 Å². The van der Waals surface area contributed by atoms with Gasteiger partial charge in [-0.05, 0) is 19.3 Å². The van der Waals surface area contributed by atoms with Gasteiger partial charge in [0.05, 0.1) is 7.11 Å². The molecule has 0 unspecified atom stereocenters. The Bertz CT molecular complexity index is 365. The zero-order chi connectivity index (χ0) is 11.1. The molecule has 0 aromatic heterocycles. The Labute approximate surface area is 87.0 Å². The molecular weight excluding hydrogens is 200 g/mol. The summed E-state index contributed by atoms with van der Waals surface area (Å²) in [5.74, 6) is -1.06. The van der Waals surface area contributed by atoms with Crippen molar-refractivity contribution >= 4 is 0 Å². The molecule has 2 nitrogen and oxygen atoms in total. The van der Waals surface area contributed by atoms with Crippen LogP contribution in [0.5, 0.6) is 5.75 Å². The highest BCUT2D eigenvalue weighted by atomic mass is 19.1. The second-order valence-electron chi connectivity index (χ2n) is 3.98. The van der Waals surface area contributed by atoms with E-state index in [4.69, 9.17) is 10.5 Å². The van der Waals surface area contributed by atoms with Gasteiger partial charge in [-0.15, -0.1) is 0 Å². The summed E-state index contributed by atoms with van der Waals surface area (Å²) >= 11 is 0. The van der Waals surface area contributed by atoms with Crippen LogP contribution in [0.2, 0.25) is 0 Å². The van der Waals surface area contributed by atoms with E-state index < -0.39 is 17.2 Å². The first-order chi connectivity index (χ1) is 7.07. The van der Waals surface area contributed by atoms with Crippen LogP contribution in [-0.2, 0) is 5.54 Å². The fourth-order valence-electron chi connectivity index (χ4n) is 1.95. The van der Waals surface area contributed by atoms with Gasteiger partial charge in [0.25, 0.3) is 0 Å². The van der Waals surface area contributed by atoms with Crippen molar-refractivity contribution in [2.45, 2.75) is 24.8 Å². The summed E-state index contributed by atoms with van der Waals surface area (Å²) < 4.78 is 32.0. The van der Waals surface area contributed by atoms with Gasteiger partial charge in [0.1, 0.15) is 17.4 Å². The van der Waals surface area contributed by atoms with Gasteiger partial charge in [-0.3, -0.25) is 0 Å². The summed E-state index contributed by atoms with van der Waals surface area (Å²) in [6, 6.07) is 2.34. The Morgan fingerprint density at radius 3 is 2.13 bits per heavy atom. The first-order valence-electron chi connectivity index (χ1n) is 4.89. The van der Waals surface area contributed by atoms with E-state index in [1.807, 2.05) is 0 Å². The molecule has 0 heterocycles. The summed E-state index contributed by atoms with van der Waals surface area (Å²) in [6.07, 6.45) is 2.18. The van der Waals surface area contributed by atoms with Crippen molar-refractivity contribution in [3.05, 3.63) is 29.3 Å². The Morgan fingerprint density at radius 2 is 1.80 bits per heavy atom. The smallest absolute Gasteiger partial charge is 0.134 e. The van der Waals surface area contributed by atoms with Crippen LogP contribution < -0.4 is 10.5 Å².